The van der Waals surface area contributed by atoms with Crippen LogP contribution in [-0.2, 0) is 4.79 Å². The van der Waals surface area contributed by atoms with Crippen LogP contribution in [0, 0.1) is 0 Å². The van der Waals surface area contributed by atoms with Crippen molar-refractivity contribution >= 4 is 29.1 Å². The molecule has 0 radical (unpaired) electrons. The fourth-order valence-corrected chi connectivity index (χ4v) is 1.20. The van der Waals surface area contributed by atoms with E-state index in [0.717, 1.165) is 12.8 Å². The summed E-state index contributed by atoms with van der Waals surface area (Å²) >= 11 is 11.2. The third kappa shape index (κ3) is 2.24. The lowest BCUT2D eigenvalue weighted by Gasteiger charge is -2.22. The van der Waals surface area contributed by atoms with Crippen molar-refractivity contribution in [2.24, 2.45) is 0 Å². The zero-order valence-electron chi connectivity index (χ0n) is 6.60. The van der Waals surface area contributed by atoms with Crippen LogP contribution >= 0.6 is 23.2 Å². The minimum absolute atomic E-state index is 0.205. The highest BCUT2D eigenvalue weighted by molar-refractivity contribution is 6.57. The van der Waals surface area contributed by atoms with Crippen molar-refractivity contribution in [1.82, 2.24) is 4.90 Å². The zero-order valence-corrected chi connectivity index (χ0v) is 8.11. The molecule has 0 atom stereocenters. The molecule has 11 heavy (non-hydrogen) atoms. The van der Waals surface area contributed by atoms with E-state index in [0.29, 0.717) is 6.04 Å². The van der Waals surface area contributed by atoms with Crippen LogP contribution in [0.3, 0.4) is 0 Å². The average Bonchev–Trinajstić information content (AvgIpc) is 2.63. The van der Waals surface area contributed by atoms with Gasteiger partial charge < -0.3 is 4.90 Å². The van der Waals surface area contributed by atoms with E-state index < -0.39 is 4.33 Å². The third-order valence-electron chi connectivity index (χ3n) is 1.79. The fraction of sp³-hybridized carbons (Fsp3) is 0.857. The Hall–Kier alpha value is 0.0500. The Morgan fingerprint density at radius 2 is 2.00 bits per heavy atom. The highest BCUT2D eigenvalue weighted by atomic mass is 35.5. The van der Waals surface area contributed by atoms with Crippen molar-refractivity contribution in [2.45, 2.75) is 30.1 Å². The molecule has 1 saturated carbocycles. The van der Waals surface area contributed by atoms with E-state index in [4.69, 9.17) is 23.2 Å². The lowest BCUT2D eigenvalue weighted by Crippen LogP contribution is -2.39. The number of carbonyl (C=O) groups is 1. The molecule has 0 heterocycles. The number of halogens is 2. The second kappa shape index (κ2) is 2.83. The monoisotopic (exact) mass is 195 g/mol. The molecule has 2 nitrogen and oxygen atoms in total. The first-order valence-electron chi connectivity index (χ1n) is 3.58. The van der Waals surface area contributed by atoms with Crippen LogP contribution in [-0.4, -0.2) is 28.2 Å². The summed E-state index contributed by atoms with van der Waals surface area (Å²) in [5.74, 6) is -0.205. The second-order valence-electron chi connectivity index (χ2n) is 3.04. The third-order valence-corrected chi connectivity index (χ3v) is 2.11. The largest absolute Gasteiger partial charge is 0.340 e. The summed E-state index contributed by atoms with van der Waals surface area (Å²) in [7, 11) is 1.74. The zero-order chi connectivity index (χ0) is 8.65. The first-order valence-corrected chi connectivity index (χ1v) is 4.33. The molecule has 1 aliphatic carbocycles. The lowest BCUT2D eigenvalue weighted by atomic mass is 10.4. The summed E-state index contributed by atoms with van der Waals surface area (Å²) in [5, 5.41) is 0. The Morgan fingerprint density at radius 3 is 2.27 bits per heavy atom. The van der Waals surface area contributed by atoms with Crippen LogP contribution in [0.2, 0.25) is 0 Å². The summed E-state index contributed by atoms with van der Waals surface area (Å²) in [4.78, 5) is 12.9. The standard InChI is InChI=1S/C7H11Cl2NO/c1-7(8,9)6(11)10(2)5-3-4-5/h5H,3-4H2,1-2H3. The highest BCUT2D eigenvalue weighted by Crippen LogP contribution is 2.30. The van der Waals surface area contributed by atoms with E-state index in [2.05, 4.69) is 0 Å². The molecular formula is C7H11Cl2NO. The molecule has 0 N–H and O–H groups in total. The number of amides is 1. The summed E-state index contributed by atoms with van der Waals surface area (Å²) in [6.07, 6.45) is 2.15. The van der Waals surface area contributed by atoms with E-state index in [-0.39, 0.29) is 5.91 Å². The molecule has 0 aromatic heterocycles. The average molecular weight is 196 g/mol. The Kier molecular flexibility index (Phi) is 2.35. The van der Waals surface area contributed by atoms with Crippen molar-refractivity contribution in [3.63, 3.8) is 0 Å². The minimum atomic E-state index is -1.27. The first-order chi connectivity index (χ1) is 4.93. The quantitative estimate of drug-likeness (QED) is 0.616. The second-order valence-corrected chi connectivity index (χ2v) is 4.74. The normalized spacial score (nSPS) is 18.2. The Bertz CT molecular complexity index is 172. The summed E-state index contributed by atoms with van der Waals surface area (Å²) in [6, 6.07) is 0.374. The first kappa shape index (κ1) is 9.14. The van der Waals surface area contributed by atoms with Crippen LogP contribution in [0.25, 0.3) is 0 Å². The number of hydrogen-bond acceptors (Lipinski definition) is 1. The van der Waals surface area contributed by atoms with E-state index in [9.17, 15) is 4.79 Å². The fourth-order valence-electron chi connectivity index (χ4n) is 0.937. The maximum Gasteiger partial charge on any atom is 0.258 e. The van der Waals surface area contributed by atoms with Gasteiger partial charge in [-0.3, -0.25) is 4.79 Å². The van der Waals surface area contributed by atoms with Crippen molar-refractivity contribution < 1.29 is 4.79 Å². The molecule has 1 amide bonds. The molecule has 0 aromatic rings. The molecule has 1 rings (SSSR count). The van der Waals surface area contributed by atoms with Crippen LogP contribution in [0.1, 0.15) is 19.8 Å². The molecule has 0 bridgehead atoms. The van der Waals surface area contributed by atoms with Gasteiger partial charge in [0.15, 0.2) is 4.33 Å². The van der Waals surface area contributed by atoms with Gasteiger partial charge in [0.1, 0.15) is 0 Å². The predicted molar refractivity (Wildman–Crippen MR) is 45.9 cm³/mol. The van der Waals surface area contributed by atoms with E-state index in [1.165, 1.54) is 6.92 Å². The minimum Gasteiger partial charge on any atom is -0.340 e. The van der Waals surface area contributed by atoms with Gasteiger partial charge in [-0.05, 0) is 19.8 Å². The van der Waals surface area contributed by atoms with Gasteiger partial charge in [-0.25, -0.2) is 0 Å². The van der Waals surface area contributed by atoms with Gasteiger partial charge in [0.2, 0.25) is 0 Å². The van der Waals surface area contributed by atoms with Gasteiger partial charge in [-0.1, -0.05) is 23.2 Å². The number of rotatable bonds is 2. The van der Waals surface area contributed by atoms with Crippen LogP contribution < -0.4 is 0 Å². The number of nitrogens with zero attached hydrogens (tertiary/aromatic N) is 1. The lowest BCUT2D eigenvalue weighted by molar-refractivity contribution is -0.130. The predicted octanol–water partition coefficient (Wildman–Crippen LogP) is 1.80. The number of hydrogen-bond donors (Lipinski definition) is 0. The van der Waals surface area contributed by atoms with Crippen molar-refractivity contribution in [2.75, 3.05) is 7.05 Å². The Morgan fingerprint density at radius 1 is 1.55 bits per heavy atom. The van der Waals surface area contributed by atoms with E-state index >= 15 is 0 Å². The molecule has 0 unspecified atom stereocenters. The maximum atomic E-state index is 11.3. The van der Waals surface area contributed by atoms with Crippen molar-refractivity contribution in [3.05, 3.63) is 0 Å². The number of alkyl halides is 2. The molecule has 0 saturated heterocycles. The molecule has 0 spiro atoms. The van der Waals surface area contributed by atoms with Crippen LogP contribution in [0.15, 0.2) is 0 Å². The summed E-state index contributed by atoms with van der Waals surface area (Å²) in [5.41, 5.74) is 0. The number of carbonyl (C=O) groups excluding carboxylic acids is 1. The van der Waals surface area contributed by atoms with Gasteiger partial charge in [-0.15, -0.1) is 0 Å². The summed E-state index contributed by atoms with van der Waals surface area (Å²) in [6.45, 7) is 1.50. The van der Waals surface area contributed by atoms with E-state index in [1.807, 2.05) is 0 Å². The van der Waals surface area contributed by atoms with Gasteiger partial charge in [0.25, 0.3) is 5.91 Å². The molecule has 64 valence electrons. The molecule has 0 aromatic carbocycles. The molecule has 0 aliphatic heterocycles. The molecule has 1 aliphatic rings. The van der Waals surface area contributed by atoms with Gasteiger partial charge in [0.05, 0.1) is 0 Å². The topological polar surface area (TPSA) is 20.3 Å². The Balaban J connectivity index is 2.52. The van der Waals surface area contributed by atoms with Crippen molar-refractivity contribution in [1.29, 1.82) is 0 Å². The Labute approximate surface area is 76.5 Å². The SMILES string of the molecule is CN(C(=O)C(C)(Cl)Cl)C1CC1. The van der Waals surface area contributed by atoms with Gasteiger partial charge >= 0.3 is 0 Å². The molecule has 1 fully saturated rings. The maximum absolute atomic E-state index is 11.3. The molecule has 4 heteroatoms. The smallest absolute Gasteiger partial charge is 0.258 e. The van der Waals surface area contributed by atoms with E-state index in [1.54, 1.807) is 11.9 Å². The summed E-state index contributed by atoms with van der Waals surface area (Å²) < 4.78 is -1.27. The van der Waals surface area contributed by atoms with Crippen LogP contribution in [0.4, 0.5) is 0 Å². The van der Waals surface area contributed by atoms with Gasteiger partial charge in [0, 0.05) is 13.1 Å². The molecular weight excluding hydrogens is 185 g/mol. The van der Waals surface area contributed by atoms with Gasteiger partial charge in [-0.2, -0.15) is 0 Å². The van der Waals surface area contributed by atoms with Crippen molar-refractivity contribution in [3.8, 4) is 0 Å². The van der Waals surface area contributed by atoms with Crippen LogP contribution in [0.5, 0.6) is 0 Å². The highest BCUT2D eigenvalue weighted by Gasteiger charge is 2.37.